The molecule has 0 aliphatic carbocycles. The number of anilines is 1. The van der Waals surface area contributed by atoms with Gasteiger partial charge in [-0.1, -0.05) is 42.5 Å². The van der Waals surface area contributed by atoms with Crippen LogP contribution in [0.3, 0.4) is 0 Å². The van der Waals surface area contributed by atoms with E-state index in [1.165, 1.54) is 11.8 Å². The second kappa shape index (κ2) is 13.1. The molecule has 0 saturated heterocycles. The highest BCUT2D eigenvalue weighted by atomic mass is 32.2. The van der Waals surface area contributed by atoms with E-state index in [4.69, 9.17) is 10.5 Å². The Bertz CT molecular complexity index is 1080. The number of amides is 1. The van der Waals surface area contributed by atoms with Crippen LogP contribution in [-0.4, -0.2) is 64.5 Å². The van der Waals surface area contributed by atoms with Gasteiger partial charge in [-0.2, -0.15) is 0 Å². The number of rotatable bonds is 12. The van der Waals surface area contributed by atoms with Gasteiger partial charge in [0.05, 0.1) is 11.7 Å². The smallest absolute Gasteiger partial charge is 0.323 e. The van der Waals surface area contributed by atoms with E-state index in [9.17, 15) is 29.4 Å². The molecule has 0 aromatic heterocycles. The number of fused-ring (bicyclic) bond motifs is 1. The number of benzene rings is 2. The Hall–Kier alpha value is -3.41. The summed E-state index contributed by atoms with van der Waals surface area (Å²) >= 11 is 1.35. The molecule has 1 aliphatic rings. The third kappa shape index (κ3) is 7.54. The summed E-state index contributed by atoms with van der Waals surface area (Å²) in [5.41, 5.74) is 7.23. The van der Waals surface area contributed by atoms with Gasteiger partial charge in [-0.15, -0.1) is 11.8 Å². The predicted octanol–water partition coefficient (Wildman–Crippen LogP) is 1.86. The lowest BCUT2D eigenvalue weighted by molar-refractivity contribution is -0.146. The van der Waals surface area contributed by atoms with Gasteiger partial charge in [0, 0.05) is 10.6 Å². The van der Waals surface area contributed by atoms with Crippen molar-refractivity contribution in [1.82, 2.24) is 5.32 Å². The Morgan fingerprint density at radius 2 is 1.78 bits per heavy atom. The first kappa shape index (κ1) is 27.2. The third-order valence-corrected chi connectivity index (χ3v) is 6.81. The molecular weight excluding hydrogens is 486 g/mol. The molecule has 36 heavy (non-hydrogen) atoms. The van der Waals surface area contributed by atoms with Gasteiger partial charge < -0.3 is 20.7 Å². The lowest BCUT2D eigenvalue weighted by atomic mass is 10.0. The molecular formula is C25H29N3O7S. The van der Waals surface area contributed by atoms with Crippen LogP contribution in [0.15, 0.2) is 59.5 Å². The Balaban J connectivity index is 1.56. The van der Waals surface area contributed by atoms with Crippen LogP contribution in [0.5, 0.6) is 0 Å². The second-order valence-corrected chi connectivity index (χ2v) is 9.40. The fraction of sp³-hybridized carbons (Fsp3) is 0.360. The fourth-order valence-electron chi connectivity index (χ4n) is 3.79. The van der Waals surface area contributed by atoms with Crippen LogP contribution in [0.1, 0.15) is 24.8 Å². The fourth-order valence-corrected chi connectivity index (χ4v) is 4.87. The first-order chi connectivity index (χ1) is 17.3. The minimum absolute atomic E-state index is 0.101. The molecule has 1 aliphatic heterocycles. The number of ether oxygens (including phenoxy) is 1. The molecule has 5 N–H and O–H groups in total. The minimum Gasteiger partial charge on any atom is -0.480 e. The summed E-state index contributed by atoms with van der Waals surface area (Å²) in [5.74, 6) is -3.18. The maximum absolute atomic E-state index is 13.2. The summed E-state index contributed by atoms with van der Waals surface area (Å²) in [6, 6.07) is 13.2. The van der Waals surface area contributed by atoms with Crippen molar-refractivity contribution in [2.24, 2.45) is 5.73 Å². The highest BCUT2D eigenvalue weighted by molar-refractivity contribution is 7.99. The minimum atomic E-state index is -1.17. The number of hydrogen-bond donors (Lipinski definition) is 4. The van der Waals surface area contributed by atoms with E-state index in [1.807, 2.05) is 30.3 Å². The van der Waals surface area contributed by atoms with Crippen LogP contribution in [0.4, 0.5) is 5.69 Å². The summed E-state index contributed by atoms with van der Waals surface area (Å²) in [7, 11) is 0. The number of nitrogens with two attached hydrogens (primary N) is 1. The summed E-state index contributed by atoms with van der Waals surface area (Å²) in [4.78, 5) is 50.5. The Morgan fingerprint density at radius 1 is 1.08 bits per heavy atom. The SMILES string of the molecule is NC(CCCC(N[C@H]1CSc2ccccc2N(CC(=O)O)C1=O)C(=O)O)C(=O)OCc1ccccc1. The number of nitrogens with one attached hydrogen (secondary N) is 1. The molecule has 2 unspecified atom stereocenters. The predicted molar refractivity (Wildman–Crippen MR) is 134 cm³/mol. The number of carboxylic acids is 2. The summed E-state index contributed by atoms with van der Waals surface area (Å²) in [5, 5.41) is 21.9. The van der Waals surface area contributed by atoms with Crippen molar-refractivity contribution in [3.05, 3.63) is 60.2 Å². The van der Waals surface area contributed by atoms with Crippen molar-refractivity contribution in [3.8, 4) is 0 Å². The topological polar surface area (TPSA) is 159 Å². The zero-order chi connectivity index (χ0) is 26.1. The maximum atomic E-state index is 13.2. The highest BCUT2D eigenvalue weighted by Gasteiger charge is 2.34. The normalized spacial score (nSPS) is 17.0. The van der Waals surface area contributed by atoms with Gasteiger partial charge in [-0.05, 0) is 37.0 Å². The highest BCUT2D eigenvalue weighted by Crippen LogP contribution is 2.34. The first-order valence-corrected chi connectivity index (χ1v) is 12.4. The van der Waals surface area contributed by atoms with Gasteiger partial charge >= 0.3 is 17.9 Å². The number of nitrogens with zero attached hydrogens (tertiary/aromatic N) is 1. The number of thioether (sulfide) groups is 1. The summed E-state index contributed by atoms with van der Waals surface area (Å²) in [6.45, 7) is -0.435. The van der Waals surface area contributed by atoms with Gasteiger partial charge in [0.25, 0.3) is 0 Å². The third-order valence-electron chi connectivity index (χ3n) is 5.65. The van der Waals surface area contributed by atoms with Crippen molar-refractivity contribution >= 4 is 41.3 Å². The summed E-state index contributed by atoms with van der Waals surface area (Å²) in [6.07, 6.45) is 0.636. The van der Waals surface area contributed by atoms with Crippen LogP contribution in [0.2, 0.25) is 0 Å². The van der Waals surface area contributed by atoms with Crippen LogP contribution >= 0.6 is 11.8 Å². The molecule has 1 heterocycles. The number of hydrogen-bond acceptors (Lipinski definition) is 8. The van der Waals surface area contributed by atoms with Gasteiger partial charge in [-0.3, -0.25) is 29.4 Å². The van der Waals surface area contributed by atoms with Crippen molar-refractivity contribution in [3.63, 3.8) is 0 Å². The van der Waals surface area contributed by atoms with E-state index in [1.54, 1.807) is 24.3 Å². The molecule has 3 atom stereocenters. The number of carbonyl (C=O) groups excluding carboxylic acids is 2. The monoisotopic (exact) mass is 515 g/mol. The van der Waals surface area contributed by atoms with E-state index in [-0.39, 0.29) is 25.2 Å². The second-order valence-electron chi connectivity index (χ2n) is 8.34. The van der Waals surface area contributed by atoms with Gasteiger partial charge in [-0.25, -0.2) is 0 Å². The molecule has 0 spiro atoms. The van der Waals surface area contributed by atoms with Crippen LogP contribution in [-0.2, 0) is 30.5 Å². The number of esters is 1. The van der Waals surface area contributed by atoms with Crippen molar-refractivity contribution in [2.75, 3.05) is 17.2 Å². The summed E-state index contributed by atoms with van der Waals surface area (Å²) < 4.78 is 5.22. The molecule has 192 valence electrons. The maximum Gasteiger partial charge on any atom is 0.323 e. The molecule has 0 saturated carbocycles. The van der Waals surface area contributed by atoms with E-state index in [2.05, 4.69) is 5.32 Å². The lowest BCUT2D eigenvalue weighted by Crippen LogP contribution is -2.53. The zero-order valence-corrected chi connectivity index (χ0v) is 20.4. The number of para-hydroxylation sites is 1. The molecule has 10 nitrogen and oxygen atoms in total. The van der Waals surface area contributed by atoms with E-state index in [0.29, 0.717) is 12.1 Å². The lowest BCUT2D eigenvalue weighted by Gasteiger charge is -2.26. The molecule has 0 bridgehead atoms. The van der Waals surface area contributed by atoms with E-state index < -0.39 is 48.5 Å². The van der Waals surface area contributed by atoms with Gasteiger partial charge in [0.15, 0.2) is 0 Å². The van der Waals surface area contributed by atoms with E-state index >= 15 is 0 Å². The van der Waals surface area contributed by atoms with Crippen LogP contribution < -0.4 is 16.0 Å². The van der Waals surface area contributed by atoms with Crippen molar-refractivity contribution in [2.45, 2.75) is 48.9 Å². The largest absolute Gasteiger partial charge is 0.480 e. The zero-order valence-electron chi connectivity index (χ0n) is 19.5. The van der Waals surface area contributed by atoms with Crippen LogP contribution in [0, 0.1) is 0 Å². The average molecular weight is 516 g/mol. The average Bonchev–Trinajstić information content (AvgIpc) is 2.99. The quantitative estimate of drug-likeness (QED) is 0.307. The molecule has 11 heteroatoms. The Kier molecular flexibility index (Phi) is 9.86. The number of aliphatic carboxylic acids is 2. The Morgan fingerprint density at radius 3 is 2.47 bits per heavy atom. The van der Waals surface area contributed by atoms with Gasteiger partial charge in [0.2, 0.25) is 5.91 Å². The Labute approximate surface area is 212 Å². The molecule has 2 aromatic rings. The number of carbonyl (C=O) groups is 4. The van der Waals surface area contributed by atoms with Crippen molar-refractivity contribution in [1.29, 1.82) is 0 Å². The molecule has 2 aromatic carbocycles. The van der Waals surface area contributed by atoms with E-state index in [0.717, 1.165) is 15.4 Å². The number of carboxylic acid groups (broad SMARTS) is 2. The molecule has 0 radical (unpaired) electrons. The molecule has 0 fully saturated rings. The first-order valence-electron chi connectivity index (χ1n) is 11.5. The molecule has 3 rings (SSSR count). The van der Waals surface area contributed by atoms with Crippen LogP contribution in [0.25, 0.3) is 0 Å². The standard InChI is InChI=1S/C25H29N3O7S/c26-17(25(34)35-14-16-7-2-1-3-8-16)9-6-10-18(24(32)33)27-19-15-36-21-12-5-4-11-20(21)28(23(19)31)13-22(29)30/h1-5,7-8,11-12,17-19,27H,6,9-10,13-15,26H2,(H,29,30)(H,32,33)/t17?,18?,19-/m0/s1. The van der Waals surface area contributed by atoms with Gasteiger partial charge in [0.1, 0.15) is 25.2 Å². The van der Waals surface area contributed by atoms with Crippen molar-refractivity contribution < 1.29 is 34.1 Å². The molecule has 1 amide bonds.